The monoisotopic (exact) mass is 194 g/mol. The standard InChI is InChI=1S/C11H14O3/c1-8(12)6-7-9-4-3-5-10(13)11(9)14-2/h3-5,13H,6-7H2,1-2H3. The first-order valence-electron chi connectivity index (χ1n) is 4.49. The minimum atomic E-state index is 0.119. The third kappa shape index (κ3) is 2.49. The van der Waals surface area contributed by atoms with Crippen LogP contribution in [0.4, 0.5) is 0 Å². The predicted molar refractivity (Wildman–Crippen MR) is 53.7 cm³/mol. The molecular formula is C11H14O3. The molecule has 0 heterocycles. The number of hydrogen-bond donors (Lipinski definition) is 1. The zero-order chi connectivity index (χ0) is 10.6. The lowest BCUT2D eigenvalue weighted by atomic mass is 10.1. The van der Waals surface area contributed by atoms with Crippen LogP contribution in [0, 0.1) is 0 Å². The van der Waals surface area contributed by atoms with Crippen molar-refractivity contribution in [2.45, 2.75) is 19.8 Å². The number of phenols is 1. The Labute approximate surface area is 83.3 Å². The van der Waals surface area contributed by atoms with Crippen LogP contribution in [0.3, 0.4) is 0 Å². The number of aryl methyl sites for hydroxylation is 1. The minimum absolute atomic E-state index is 0.119. The Morgan fingerprint density at radius 1 is 1.50 bits per heavy atom. The molecule has 0 saturated carbocycles. The van der Waals surface area contributed by atoms with Crippen LogP contribution >= 0.6 is 0 Å². The van der Waals surface area contributed by atoms with Crippen molar-refractivity contribution < 1.29 is 14.6 Å². The van der Waals surface area contributed by atoms with Gasteiger partial charge in [0.25, 0.3) is 0 Å². The van der Waals surface area contributed by atoms with E-state index in [1.165, 1.54) is 7.11 Å². The van der Waals surface area contributed by atoms with Crippen molar-refractivity contribution >= 4 is 5.78 Å². The lowest BCUT2D eigenvalue weighted by molar-refractivity contribution is -0.116. The van der Waals surface area contributed by atoms with Crippen LogP contribution in [0.1, 0.15) is 18.9 Å². The summed E-state index contributed by atoms with van der Waals surface area (Å²) in [6, 6.07) is 5.16. The van der Waals surface area contributed by atoms with E-state index in [2.05, 4.69) is 0 Å². The summed E-state index contributed by atoms with van der Waals surface area (Å²) in [6.07, 6.45) is 1.08. The Hall–Kier alpha value is -1.51. The van der Waals surface area contributed by atoms with Gasteiger partial charge in [-0.25, -0.2) is 0 Å². The quantitative estimate of drug-likeness (QED) is 0.796. The van der Waals surface area contributed by atoms with Gasteiger partial charge < -0.3 is 14.6 Å². The summed E-state index contributed by atoms with van der Waals surface area (Å²) in [5.74, 6) is 0.720. The molecule has 0 spiro atoms. The van der Waals surface area contributed by atoms with E-state index >= 15 is 0 Å². The van der Waals surface area contributed by atoms with Crippen molar-refractivity contribution in [3.8, 4) is 11.5 Å². The van der Waals surface area contributed by atoms with Gasteiger partial charge in [-0.2, -0.15) is 0 Å². The van der Waals surface area contributed by atoms with Gasteiger partial charge in [-0.15, -0.1) is 0 Å². The summed E-state index contributed by atoms with van der Waals surface area (Å²) in [4.78, 5) is 10.8. The van der Waals surface area contributed by atoms with Gasteiger partial charge >= 0.3 is 0 Å². The second kappa shape index (κ2) is 4.65. The fraction of sp³-hybridized carbons (Fsp3) is 0.364. The van der Waals surface area contributed by atoms with Gasteiger partial charge in [0.15, 0.2) is 11.5 Å². The molecule has 3 nitrogen and oxygen atoms in total. The molecule has 76 valence electrons. The Kier molecular flexibility index (Phi) is 3.51. The largest absolute Gasteiger partial charge is 0.504 e. The second-order valence-corrected chi connectivity index (χ2v) is 3.17. The van der Waals surface area contributed by atoms with E-state index in [1.54, 1.807) is 19.1 Å². The average molecular weight is 194 g/mol. The summed E-state index contributed by atoms with van der Waals surface area (Å²) < 4.78 is 5.05. The molecule has 0 radical (unpaired) electrons. The maximum atomic E-state index is 10.8. The molecule has 0 saturated heterocycles. The van der Waals surface area contributed by atoms with Crippen LogP contribution in [0.5, 0.6) is 11.5 Å². The van der Waals surface area contributed by atoms with Crippen molar-refractivity contribution in [3.63, 3.8) is 0 Å². The molecule has 0 fully saturated rings. The molecule has 0 amide bonds. The number of ether oxygens (including phenoxy) is 1. The molecule has 3 heteroatoms. The molecule has 0 aliphatic carbocycles. The molecule has 0 aromatic heterocycles. The first-order valence-corrected chi connectivity index (χ1v) is 4.49. The van der Waals surface area contributed by atoms with Gasteiger partial charge in [-0.05, 0) is 25.0 Å². The Morgan fingerprint density at radius 2 is 2.21 bits per heavy atom. The average Bonchev–Trinajstić information content (AvgIpc) is 2.14. The highest BCUT2D eigenvalue weighted by molar-refractivity contribution is 5.75. The Bertz CT molecular complexity index is 331. The van der Waals surface area contributed by atoms with E-state index in [9.17, 15) is 9.90 Å². The van der Waals surface area contributed by atoms with E-state index in [4.69, 9.17) is 4.74 Å². The topological polar surface area (TPSA) is 46.5 Å². The maximum Gasteiger partial charge on any atom is 0.163 e. The van der Waals surface area contributed by atoms with Crippen LogP contribution in [-0.2, 0) is 11.2 Å². The molecule has 0 aliphatic rings. The first kappa shape index (κ1) is 10.6. The fourth-order valence-corrected chi connectivity index (χ4v) is 1.31. The number of hydrogen-bond acceptors (Lipinski definition) is 3. The van der Waals surface area contributed by atoms with Crippen molar-refractivity contribution in [2.24, 2.45) is 0 Å². The highest BCUT2D eigenvalue weighted by atomic mass is 16.5. The SMILES string of the molecule is COc1c(O)cccc1CCC(C)=O. The van der Waals surface area contributed by atoms with Crippen LogP contribution in [0.25, 0.3) is 0 Å². The number of para-hydroxylation sites is 1. The lowest BCUT2D eigenvalue weighted by Crippen LogP contribution is -1.97. The van der Waals surface area contributed by atoms with Gasteiger partial charge in [0, 0.05) is 6.42 Å². The van der Waals surface area contributed by atoms with Gasteiger partial charge in [-0.3, -0.25) is 0 Å². The molecule has 0 atom stereocenters. The van der Waals surface area contributed by atoms with Gasteiger partial charge in [0.2, 0.25) is 0 Å². The number of phenolic OH excluding ortho intramolecular Hbond substituents is 1. The number of carbonyl (C=O) groups is 1. The van der Waals surface area contributed by atoms with Gasteiger partial charge in [-0.1, -0.05) is 12.1 Å². The number of Topliss-reactive ketones (excluding diaryl/α,β-unsaturated/α-hetero) is 1. The summed E-state index contributed by atoms with van der Waals surface area (Å²) in [5.41, 5.74) is 0.864. The van der Waals surface area contributed by atoms with Crippen molar-refractivity contribution in [3.05, 3.63) is 23.8 Å². The molecule has 1 N–H and O–H groups in total. The number of rotatable bonds is 4. The van der Waals surface area contributed by atoms with Crippen LogP contribution < -0.4 is 4.74 Å². The Morgan fingerprint density at radius 3 is 2.79 bits per heavy atom. The number of benzene rings is 1. The van der Waals surface area contributed by atoms with Crippen LogP contribution in [0.15, 0.2) is 18.2 Å². The Balaban J connectivity index is 2.85. The number of methoxy groups -OCH3 is 1. The van der Waals surface area contributed by atoms with Crippen molar-refractivity contribution in [1.29, 1.82) is 0 Å². The smallest absolute Gasteiger partial charge is 0.163 e. The molecule has 0 unspecified atom stereocenters. The highest BCUT2D eigenvalue weighted by Crippen LogP contribution is 2.30. The van der Waals surface area contributed by atoms with E-state index in [-0.39, 0.29) is 11.5 Å². The molecule has 0 bridgehead atoms. The number of ketones is 1. The molecular weight excluding hydrogens is 180 g/mol. The zero-order valence-electron chi connectivity index (χ0n) is 8.41. The van der Waals surface area contributed by atoms with E-state index in [1.807, 2.05) is 6.07 Å². The third-order valence-corrected chi connectivity index (χ3v) is 2.03. The van der Waals surface area contributed by atoms with Crippen molar-refractivity contribution in [1.82, 2.24) is 0 Å². The maximum absolute atomic E-state index is 10.8. The van der Waals surface area contributed by atoms with E-state index in [0.717, 1.165) is 5.56 Å². The first-order chi connectivity index (χ1) is 6.65. The van der Waals surface area contributed by atoms with Gasteiger partial charge in [0.05, 0.1) is 7.11 Å². The zero-order valence-corrected chi connectivity index (χ0v) is 8.41. The highest BCUT2D eigenvalue weighted by Gasteiger charge is 2.07. The second-order valence-electron chi connectivity index (χ2n) is 3.17. The fourth-order valence-electron chi connectivity index (χ4n) is 1.31. The molecule has 14 heavy (non-hydrogen) atoms. The minimum Gasteiger partial charge on any atom is -0.504 e. The normalized spacial score (nSPS) is 9.86. The molecule has 1 aromatic rings. The summed E-state index contributed by atoms with van der Waals surface area (Å²) in [6.45, 7) is 1.55. The number of carbonyl (C=O) groups excluding carboxylic acids is 1. The predicted octanol–water partition coefficient (Wildman–Crippen LogP) is 1.92. The van der Waals surface area contributed by atoms with Gasteiger partial charge in [0.1, 0.15) is 5.78 Å². The van der Waals surface area contributed by atoms with Crippen molar-refractivity contribution in [2.75, 3.05) is 7.11 Å². The third-order valence-electron chi connectivity index (χ3n) is 2.03. The summed E-state index contributed by atoms with van der Waals surface area (Å²) >= 11 is 0. The van der Waals surface area contributed by atoms with E-state index in [0.29, 0.717) is 18.6 Å². The van der Waals surface area contributed by atoms with E-state index < -0.39 is 0 Å². The summed E-state index contributed by atoms with van der Waals surface area (Å²) in [7, 11) is 1.51. The summed E-state index contributed by atoms with van der Waals surface area (Å²) in [5, 5.41) is 9.45. The van der Waals surface area contributed by atoms with Crippen LogP contribution in [0.2, 0.25) is 0 Å². The lowest BCUT2D eigenvalue weighted by Gasteiger charge is -2.08. The number of aromatic hydroxyl groups is 1. The molecule has 1 rings (SSSR count). The van der Waals surface area contributed by atoms with Crippen LogP contribution in [-0.4, -0.2) is 18.0 Å². The molecule has 1 aromatic carbocycles. The molecule has 0 aliphatic heterocycles.